The number of nitrogens with one attached hydrogen (secondary N) is 3. The first-order valence-electron chi connectivity index (χ1n) is 10.1. The van der Waals surface area contributed by atoms with Crippen LogP contribution in [0.4, 0.5) is 28.1 Å². The van der Waals surface area contributed by atoms with Crippen LogP contribution in [0.15, 0.2) is 30.3 Å². The van der Waals surface area contributed by atoms with E-state index in [-0.39, 0.29) is 23.7 Å². The summed E-state index contributed by atoms with van der Waals surface area (Å²) in [4.78, 5) is 12.9. The minimum atomic E-state index is -0.277. The first-order valence-corrected chi connectivity index (χ1v) is 10.1. The lowest BCUT2D eigenvalue weighted by molar-refractivity contribution is 0.182. The van der Waals surface area contributed by atoms with Gasteiger partial charge in [-0.2, -0.15) is 20.1 Å². The van der Waals surface area contributed by atoms with Crippen molar-refractivity contribution in [3.05, 3.63) is 47.4 Å². The van der Waals surface area contributed by atoms with Crippen molar-refractivity contribution < 1.29 is 9.13 Å². The summed E-state index contributed by atoms with van der Waals surface area (Å²) < 4.78 is 19.0. The van der Waals surface area contributed by atoms with Gasteiger partial charge in [-0.1, -0.05) is 12.1 Å². The molecule has 30 heavy (non-hydrogen) atoms. The number of aromatic amines is 1. The molecule has 156 valence electrons. The van der Waals surface area contributed by atoms with E-state index in [1.54, 1.807) is 12.1 Å². The number of ether oxygens (including phenoxy) is 1. The number of nitrogen functional groups attached to an aromatic ring is 1. The van der Waals surface area contributed by atoms with Gasteiger partial charge in [-0.15, -0.1) is 0 Å². The summed E-state index contributed by atoms with van der Waals surface area (Å²) >= 11 is 0. The zero-order valence-electron chi connectivity index (χ0n) is 16.3. The van der Waals surface area contributed by atoms with Crippen LogP contribution < -0.4 is 16.4 Å². The van der Waals surface area contributed by atoms with Gasteiger partial charge in [0.2, 0.25) is 17.8 Å². The molecule has 5 rings (SSSR count). The van der Waals surface area contributed by atoms with Crippen molar-refractivity contribution in [2.45, 2.75) is 31.2 Å². The first-order chi connectivity index (χ1) is 14.6. The summed E-state index contributed by atoms with van der Waals surface area (Å²) in [6.45, 7) is 1.30. The third-order valence-corrected chi connectivity index (χ3v) is 5.46. The van der Waals surface area contributed by atoms with Crippen molar-refractivity contribution in [3.8, 4) is 0 Å². The van der Waals surface area contributed by atoms with Gasteiger partial charge in [0, 0.05) is 30.2 Å². The molecular formula is C20H23FN8O. The van der Waals surface area contributed by atoms with E-state index in [2.05, 4.69) is 35.8 Å². The fourth-order valence-electron chi connectivity index (χ4n) is 3.73. The van der Waals surface area contributed by atoms with Crippen molar-refractivity contribution in [3.63, 3.8) is 0 Å². The van der Waals surface area contributed by atoms with E-state index in [1.807, 2.05) is 6.07 Å². The third kappa shape index (κ3) is 4.18. The minimum absolute atomic E-state index is 0.0912. The predicted molar refractivity (Wildman–Crippen MR) is 110 cm³/mol. The quantitative estimate of drug-likeness (QED) is 0.468. The standard InChI is InChI=1S/C20H23FN8O/c21-14-5-3-12(4-6-14)17(13-7-8-30-10-13)24-20-26-18(22)25-19(27-20)23-16-9-15(28-29-16)11-1-2-11/h3-6,9,11,13,17H,1-2,7-8,10H2,(H5,22,23,24,25,26,27,28,29). The zero-order chi connectivity index (χ0) is 20.5. The van der Waals surface area contributed by atoms with Crippen molar-refractivity contribution in [1.29, 1.82) is 0 Å². The van der Waals surface area contributed by atoms with E-state index in [0.29, 0.717) is 36.8 Å². The van der Waals surface area contributed by atoms with Crippen molar-refractivity contribution in [1.82, 2.24) is 25.1 Å². The smallest absolute Gasteiger partial charge is 0.235 e. The number of H-pyrrole nitrogens is 1. The van der Waals surface area contributed by atoms with E-state index in [0.717, 1.165) is 17.7 Å². The van der Waals surface area contributed by atoms with Gasteiger partial charge in [0.15, 0.2) is 5.82 Å². The molecule has 0 amide bonds. The molecule has 2 aromatic heterocycles. The Hall–Kier alpha value is -3.27. The Labute approximate surface area is 172 Å². The van der Waals surface area contributed by atoms with Gasteiger partial charge in [-0.05, 0) is 37.0 Å². The molecule has 1 saturated heterocycles. The molecule has 2 fully saturated rings. The minimum Gasteiger partial charge on any atom is -0.381 e. The van der Waals surface area contributed by atoms with Crippen LogP contribution in [0.1, 0.15) is 42.5 Å². The number of hydrogen-bond donors (Lipinski definition) is 4. The Morgan fingerprint density at radius 2 is 1.90 bits per heavy atom. The molecule has 1 aliphatic heterocycles. The second kappa shape index (κ2) is 7.86. The van der Waals surface area contributed by atoms with Gasteiger partial charge in [0.05, 0.1) is 12.6 Å². The second-order valence-electron chi connectivity index (χ2n) is 7.75. The lowest BCUT2D eigenvalue weighted by Gasteiger charge is -2.24. The highest BCUT2D eigenvalue weighted by molar-refractivity contribution is 5.52. The molecule has 2 atom stereocenters. The van der Waals surface area contributed by atoms with E-state index >= 15 is 0 Å². The maximum atomic E-state index is 13.4. The SMILES string of the molecule is Nc1nc(Nc2cc(C3CC3)[nH]n2)nc(NC(c2ccc(F)cc2)C2CCOC2)n1. The Kier molecular flexibility index (Phi) is 4.91. The molecule has 0 radical (unpaired) electrons. The Morgan fingerprint density at radius 1 is 1.10 bits per heavy atom. The maximum absolute atomic E-state index is 13.4. The number of hydrogen-bond acceptors (Lipinski definition) is 8. The van der Waals surface area contributed by atoms with Crippen LogP contribution in [0.3, 0.4) is 0 Å². The molecule has 9 nitrogen and oxygen atoms in total. The predicted octanol–water partition coefficient (Wildman–Crippen LogP) is 3.13. The van der Waals surface area contributed by atoms with Gasteiger partial charge in [0.25, 0.3) is 0 Å². The summed E-state index contributed by atoms with van der Waals surface area (Å²) in [6.07, 6.45) is 3.26. The fourth-order valence-corrected chi connectivity index (χ4v) is 3.73. The highest BCUT2D eigenvalue weighted by Gasteiger charge is 2.28. The zero-order valence-corrected chi connectivity index (χ0v) is 16.3. The molecule has 0 spiro atoms. The largest absolute Gasteiger partial charge is 0.381 e. The molecule has 3 aromatic rings. The number of aromatic nitrogens is 5. The number of halogens is 1. The summed E-state index contributed by atoms with van der Waals surface area (Å²) in [5, 5.41) is 13.7. The van der Waals surface area contributed by atoms with Crippen molar-refractivity contribution >= 4 is 23.7 Å². The Morgan fingerprint density at radius 3 is 2.63 bits per heavy atom. The van der Waals surface area contributed by atoms with Gasteiger partial charge in [0.1, 0.15) is 5.82 Å². The molecule has 5 N–H and O–H groups in total. The molecule has 2 unspecified atom stereocenters. The summed E-state index contributed by atoms with van der Waals surface area (Å²) in [7, 11) is 0. The summed E-state index contributed by atoms with van der Waals surface area (Å²) in [6, 6.07) is 8.24. The van der Waals surface area contributed by atoms with Crippen molar-refractivity contribution in [2.24, 2.45) is 5.92 Å². The highest BCUT2D eigenvalue weighted by Crippen LogP contribution is 2.39. The first kappa shape index (κ1) is 18.7. The number of nitrogens with zero attached hydrogens (tertiary/aromatic N) is 4. The van der Waals surface area contributed by atoms with Gasteiger partial charge < -0.3 is 21.1 Å². The van der Waals surface area contributed by atoms with Crippen LogP contribution >= 0.6 is 0 Å². The maximum Gasteiger partial charge on any atom is 0.235 e. The van der Waals surface area contributed by atoms with E-state index in [4.69, 9.17) is 10.5 Å². The highest BCUT2D eigenvalue weighted by atomic mass is 19.1. The molecule has 2 aliphatic rings. The number of rotatable bonds is 7. The second-order valence-corrected chi connectivity index (χ2v) is 7.75. The van der Waals surface area contributed by atoms with Gasteiger partial charge in [-0.25, -0.2) is 4.39 Å². The van der Waals surface area contributed by atoms with Crippen molar-refractivity contribution in [2.75, 3.05) is 29.6 Å². The van der Waals surface area contributed by atoms with E-state index < -0.39 is 0 Å². The van der Waals surface area contributed by atoms with Crippen LogP contribution in [0.2, 0.25) is 0 Å². The average Bonchev–Trinajstić information content (AvgIpc) is 3.23. The van der Waals surface area contributed by atoms with Crippen LogP contribution in [-0.4, -0.2) is 38.4 Å². The molecule has 1 aliphatic carbocycles. The number of benzene rings is 1. The van der Waals surface area contributed by atoms with E-state index in [9.17, 15) is 4.39 Å². The van der Waals surface area contributed by atoms with Crippen LogP contribution in [0.25, 0.3) is 0 Å². The van der Waals surface area contributed by atoms with Crippen LogP contribution in [0, 0.1) is 11.7 Å². The molecule has 1 saturated carbocycles. The summed E-state index contributed by atoms with van der Waals surface area (Å²) in [5.74, 6) is 1.86. The lowest BCUT2D eigenvalue weighted by Crippen LogP contribution is -2.23. The monoisotopic (exact) mass is 410 g/mol. The lowest BCUT2D eigenvalue weighted by atomic mass is 9.92. The average molecular weight is 410 g/mol. The molecule has 0 bridgehead atoms. The molecule has 1 aromatic carbocycles. The molecular weight excluding hydrogens is 387 g/mol. The summed E-state index contributed by atoms with van der Waals surface area (Å²) in [5.41, 5.74) is 7.96. The topological polar surface area (TPSA) is 127 Å². The Bertz CT molecular complexity index is 1010. The van der Waals surface area contributed by atoms with E-state index in [1.165, 1.54) is 25.0 Å². The fraction of sp³-hybridized carbons (Fsp3) is 0.400. The molecule has 3 heterocycles. The van der Waals surface area contributed by atoms with Gasteiger partial charge in [-0.3, -0.25) is 5.10 Å². The van der Waals surface area contributed by atoms with Crippen LogP contribution in [-0.2, 0) is 4.74 Å². The Balaban J connectivity index is 1.37. The van der Waals surface area contributed by atoms with Crippen LogP contribution in [0.5, 0.6) is 0 Å². The van der Waals surface area contributed by atoms with Gasteiger partial charge >= 0.3 is 0 Å². The molecule has 10 heteroatoms. The third-order valence-electron chi connectivity index (χ3n) is 5.46. The normalized spacial score (nSPS) is 19.6. The number of anilines is 4. The number of nitrogens with two attached hydrogens (primary N) is 1.